The molecule has 0 aliphatic carbocycles. The summed E-state index contributed by atoms with van der Waals surface area (Å²) in [4.78, 5) is 14.0. The standard InChI is InChI=1S/C18H28N2O3/c1-2-23-12-9-18(22)19-13-15-3-5-17(6-4-15)20-10-7-16(14-21)8-11-20/h3-6,16,21H,2,7-14H2,1H3,(H,19,22). The highest BCUT2D eigenvalue weighted by Gasteiger charge is 2.18. The minimum atomic E-state index is 0.0219. The Morgan fingerprint density at radius 1 is 1.30 bits per heavy atom. The number of hydrogen-bond donors (Lipinski definition) is 2. The number of aliphatic hydroxyl groups excluding tert-OH is 1. The molecule has 1 aromatic carbocycles. The molecule has 1 aliphatic heterocycles. The van der Waals surface area contributed by atoms with Crippen molar-refractivity contribution >= 4 is 11.6 Å². The first-order valence-corrected chi connectivity index (χ1v) is 8.52. The summed E-state index contributed by atoms with van der Waals surface area (Å²) in [6.07, 6.45) is 2.51. The summed E-state index contributed by atoms with van der Waals surface area (Å²) in [5.41, 5.74) is 2.32. The van der Waals surface area contributed by atoms with Crippen LogP contribution >= 0.6 is 0 Å². The van der Waals surface area contributed by atoms with Crippen LogP contribution in [0.5, 0.6) is 0 Å². The lowest BCUT2D eigenvalue weighted by molar-refractivity contribution is -0.122. The largest absolute Gasteiger partial charge is 0.396 e. The van der Waals surface area contributed by atoms with E-state index in [-0.39, 0.29) is 5.91 Å². The molecule has 5 heteroatoms. The van der Waals surface area contributed by atoms with Crippen LogP contribution in [0.4, 0.5) is 5.69 Å². The molecule has 0 unspecified atom stereocenters. The third-order valence-corrected chi connectivity index (χ3v) is 4.34. The first-order valence-electron chi connectivity index (χ1n) is 8.52. The number of carbonyl (C=O) groups is 1. The summed E-state index contributed by atoms with van der Waals surface area (Å²) < 4.78 is 5.17. The number of anilines is 1. The van der Waals surface area contributed by atoms with Crippen molar-refractivity contribution in [1.29, 1.82) is 0 Å². The Morgan fingerprint density at radius 3 is 2.61 bits per heavy atom. The number of nitrogens with zero attached hydrogens (tertiary/aromatic N) is 1. The van der Waals surface area contributed by atoms with E-state index in [2.05, 4.69) is 34.5 Å². The van der Waals surface area contributed by atoms with Crippen molar-refractivity contribution in [2.45, 2.75) is 32.7 Å². The first kappa shape index (κ1) is 17.8. The fourth-order valence-electron chi connectivity index (χ4n) is 2.80. The van der Waals surface area contributed by atoms with Crippen LogP contribution in [0.2, 0.25) is 0 Å². The van der Waals surface area contributed by atoms with Gasteiger partial charge in [0.15, 0.2) is 0 Å². The van der Waals surface area contributed by atoms with Crippen LogP contribution < -0.4 is 10.2 Å². The zero-order valence-electron chi connectivity index (χ0n) is 14.0. The van der Waals surface area contributed by atoms with E-state index in [0.717, 1.165) is 31.5 Å². The van der Waals surface area contributed by atoms with Gasteiger partial charge in [-0.25, -0.2) is 0 Å². The topological polar surface area (TPSA) is 61.8 Å². The maximum absolute atomic E-state index is 11.6. The number of rotatable bonds is 8. The van der Waals surface area contributed by atoms with Gasteiger partial charge in [0.25, 0.3) is 0 Å². The van der Waals surface area contributed by atoms with Crippen LogP contribution in [0.15, 0.2) is 24.3 Å². The molecule has 0 atom stereocenters. The second-order valence-electron chi connectivity index (χ2n) is 6.00. The highest BCUT2D eigenvalue weighted by molar-refractivity contribution is 5.75. The molecule has 0 spiro atoms. The summed E-state index contributed by atoms with van der Waals surface area (Å²) in [6.45, 7) is 5.90. The normalized spacial score (nSPS) is 15.7. The summed E-state index contributed by atoms with van der Waals surface area (Å²) >= 11 is 0. The number of amides is 1. The Labute approximate surface area is 138 Å². The van der Waals surface area contributed by atoms with E-state index in [1.807, 2.05) is 6.92 Å². The molecule has 5 nitrogen and oxygen atoms in total. The number of carbonyl (C=O) groups excluding carboxylic acids is 1. The second kappa shape index (κ2) is 9.53. The van der Waals surface area contributed by atoms with Gasteiger partial charge in [-0.15, -0.1) is 0 Å². The third kappa shape index (κ3) is 5.84. The second-order valence-corrected chi connectivity index (χ2v) is 6.00. The Balaban J connectivity index is 1.75. The van der Waals surface area contributed by atoms with E-state index in [0.29, 0.717) is 38.7 Å². The van der Waals surface area contributed by atoms with E-state index in [4.69, 9.17) is 4.74 Å². The Bertz CT molecular complexity index is 468. The number of ether oxygens (including phenoxy) is 1. The van der Waals surface area contributed by atoms with Gasteiger partial charge in [0.1, 0.15) is 0 Å². The van der Waals surface area contributed by atoms with Gasteiger partial charge >= 0.3 is 0 Å². The van der Waals surface area contributed by atoms with Crippen molar-refractivity contribution in [2.75, 3.05) is 37.8 Å². The third-order valence-electron chi connectivity index (χ3n) is 4.34. The van der Waals surface area contributed by atoms with Crippen LogP contribution in [-0.2, 0) is 16.1 Å². The molecule has 1 heterocycles. The van der Waals surface area contributed by atoms with Crippen molar-refractivity contribution in [3.05, 3.63) is 29.8 Å². The molecule has 0 radical (unpaired) electrons. The molecule has 2 rings (SSSR count). The number of benzene rings is 1. The average molecular weight is 320 g/mol. The molecule has 128 valence electrons. The van der Waals surface area contributed by atoms with Crippen molar-refractivity contribution in [2.24, 2.45) is 5.92 Å². The van der Waals surface area contributed by atoms with Crippen LogP contribution in [0.3, 0.4) is 0 Å². The first-order chi connectivity index (χ1) is 11.2. The molecule has 1 saturated heterocycles. The van der Waals surface area contributed by atoms with Crippen LogP contribution in [0.25, 0.3) is 0 Å². The highest BCUT2D eigenvalue weighted by Crippen LogP contribution is 2.23. The van der Waals surface area contributed by atoms with Crippen LogP contribution in [0.1, 0.15) is 31.7 Å². The SMILES string of the molecule is CCOCCC(=O)NCc1ccc(N2CCC(CO)CC2)cc1. The van der Waals surface area contributed by atoms with Crippen molar-refractivity contribution in [1.82, 2.24) is 5.32 Å². The van der Waals surface area contributed by atoms with Gasteiger partial charge in [-0.3, -0.25) is 4.79 Å². The highest BCUT2D eigenvalue weighted by atomic mass is 16.5. The molecule has 1 aromatic rings. The van der Waals surface area contributed by atoms with Gasteiger partial charge in [0.05, 0.1) is 6.61 Å². The minimum absolute atomic E-state index is 0.0219. The van der Waals surface area contributed by atoms with Gasteiger partial charge in [0, 0.05) is 45.0 Å². The smallest absolute Gasteiger partial charge is 0.222 e. The molecule has 1 fully saturated rings. The molecule has 0 saturated carbocycles. The average Bonchev–Trinajstić information content (AvgIpc) is 2.61. The van der Waals surface area contributed by atoms with Gasteiger partial charge in [-0.2, -0.15) is 0 Å². The lowest BCUT2D eigenvalue weighted by atomic mass is 9.97. The summed E-state index contributed by atoms with van der Waals surface area (Å²) in [6, 6.07) is 8.36. The quantitative estimate of drug-likeness (QED) is 0.719. The van der Waals surface area contributed by atoms with E-state index >= 15 is 0 Å². The number of hydrogen-bond acceptors (Lipinski definition) is 4. The predicted molar refractivity (Wildman–Crippen MR) is 91.4 cm³/mol. The Morgan fingerprint density at radius 2 is 2.00 bits per heavy atom. The van der Waals surface area contributed by atoms with Gasteiger partial charge in [-0.05, 0) is 43.4 Å². The summed E-state index contributed by atoms with van der Waals surface area (Å²) in [5.74, 6) is 0.478. The minimum Gasteiger partial charge on any atom is -0.396 e. The van der Waals surface area contributed by atoms with Crippen molar-refractivity contribution < 1.29 is 14.6 Å². The van der Waals surface area contributed by atoms with Crippen LogP contribution in [0, 0.1) is 5.92 Å². The number of nitrogens with one attached hydrogen (secondary N) is 1. The summed E-state index contributed by atoms with van der Waals surface area (Å²) in [5, 5.41) is 12.1. The molecular formula is C18H28N2O3. The molecule has 0 bridgehead atoms. The maximum atomic E-state index is 11.6. The van der Waals surface area contributed by atoms with Crippen LogP contribution in [-0.4, -0.2) is 43.9 Å². The molecule has 0 aromatic heterocycles. The van der Waals surface area contributed by atoms with E-state index in [1.165, 1.54) is 5.69 Å². The number of piperidine rings is 1. The lowest BCUT2D eigenvalue weighted by Crippen LogP contribution is -2.34. The molecular weight excluding hydrogens is 292 g/mol. The van der Waals surface area contributed by atoms with Crippen molar-refractivity contribution in [3.63, 3.8) is 0 Å². The van der Waals surface area contributed by atoms with Gasteiger partial charge < -0.3 is 20.1 Å². The zero-order valence-corrected chi connectivity index (χ0v) is 14.0. The monoisotopic (exact) mass is 320 g/mol. The molecule has 1 amide bonds. The van der Waals surface area contributed by atoms with E-state index < -0.39 is 0 Å². The van der Waals surface area contributed by atoms with Crippen molar-refractivity contribution in [3.8, 4) is 0 Å². The fraction of sp³-hybridized carbons (Fsp3) is 0.611. The van der Waals surface area contributed by atoms with Gasteiger partial charge in [-0.1, -0.05) is 12.1 Å². The lowest BCUT2D eigenvalue weighted by Gasteiger charge is -2.33. The Kier molecular flexibility index (Phi) is 7.36. The van der Waals surface area contributed by atoms with E-state index in [9.17, 15) is 9.90 Å². The predicted octanol–water partition coefficient (Wildman–Crippen LogP) is 1.94. The molecule has 2 N–H and O–H groups in total. The molecule has 1 aliphatic rings. The molecule has 23 heavy (non-hydrogen) atoms. The fourth-order valence-corrected chi connectivity index (χ4v) is 2.80. The maximum Gasteiger partial charge on any atom is 0.222 e. The number of aliphatic hydroxyl groups is 1. The van der Waals surface area contributed by atoms with Gasteiger partial charge in [0.2, 0.25) is 5.91 Å². The zero-order chi connectivity index (χ0) is 16.5. The van der Waals surface area contributed by atoms with E-state index in [1.54, 1.807) is 0 Å². The Hall–Kier alpha value is -1.59. The summed E-state index contributed by atoms with van der Waals surface area (Å²) in [7, 11) is 0.